The van der Waals surface area contributed by atoms with Gasteiger partial charge in [0.15, 0.2) is 0 Å². The number of nitrogens with one attached hydrogen (secondary N) is 2. The molecular formula is C20H17ClF3N5O2. The number of hydrogen-bond acceptors (Lipinski definition) is 5. The molecule has 1 saturated heterocycles. The third-order valence-corrected chi connectivity index (χ3v) is 5.10. The highest BCUT2D eigenvalue weighted by Crippen LogP contribution is 2.29. The van der Waals surface area contributed by atoms with E-state index in [1.54, 1.807) is 0 Å². The predicted octanol–water partition coefficient (Wildman–Crippen LogP) is 3.35. The molecule has 0 bridgehead atoms. The highest BCUT2D eigenvalue weighted by atomic mass is 35.5. The fraction of sp³-hybridized carbons (Fsp3) is 0.300. The lowest BCUT2D eigenvalue weighted by Crippen LogP contribution is -2.47. The quantitative estimate of drug-likeness (QED) is 0.697. The van der Waals surface area contributed by atoms with Crippen LogP contribution in [-0.4, -0.2) is 35.9 Å². The van der Waals surface area contributed by atoms with Gasteiger partial charge in [-0.15, -0.1) is 0 Å². The normalized spacial score (nSPS) is 14.6. The maximum Gasteiger partial charge on any atom is 0.417 e. The summed E-state index contributed by atoms with van der Waals surface area (Å²) in [7, 11) is 0. The van der Waals surface area contributed by atoms with Gasteiger partial charge in [0, 0.05) is 31.0 Å². The van der Waals surface area contributed by atoms with Gasteiger partial charge in [-0.2, -0.15) is 18.4 Å². The number of anilines is 2. The number of hydrogen-bond donors (Lipinski definition) is 2. The number of aromatic nitrogens is 1. The smallest absolute Gasteiger partial charge is 0.356 e. The van der Waals surface area contributed by atoms with Crippen molar-refractivity contribution in [2.75, 3.05) is 23.3 Å². The fourth-order valence-electron chi connectivity index (χ4n) is 3.12. The van der Waals surface area contributed by atoms with Crippen molar-refractivity contribution >= 4 is 34.9 Å². The third kappa shape index (κ3) is 5.64. The number of rotatable bonds is 3. The molecule has 1 aliphatic heterocycles. The molecule has 1 fully saturated rings. The first kappa shape index (κ1) is 22.4. The summed E-state index contributed by atoms with van der Waals surface area (Å²) >= 11 is 5.90. The number of nitrogens with zero attached hydrogens (tertiary/aromatic N) is 3. The number of carbonyl (C=O) groups is 2. The predicted molar refractivity (Wildman–Crippen MR) is 107 cm³/mol. The summed E-state index contributed by atoms with van der Waals surface area (Å²) in [4.78, 5) is 30.0. The number of amides is 2. The standard InChI is InChI=1S/C20H17ClF3N5O2/c21-16-9-15(3-1-12(16)10-25)28-19(31)18(30)27-14-5-7-29(8-6-14)17-4-2-13(11-26-17)20(22,23)24/h1-4,9,11,14H,5-8H2,(H,27,30)(H,28,31). The molecule has 1 aromatic carbocycles. The van der Waals surface area contributed by atoms with E-state index in [2.05, 4.69) is 15.6 Å². The fourth-order valence-corrected chi connectivity index (χ4v) is 3.34. The molecule has 1 aromatic heterocycles. The molecule has 3 rings (SSSR count). The Morgan fingerprint density at radius 2 is 1.87 bits per heavy atom. The van der Waals surface area contributed by atoms with Crippen molar-refractivity contribution in [1.29, 1.82) is 5.26 Å². The molecule has 11 heteroatoms. The SMILES string of the molecule is N#Cc1ccc(NC(=O)C(=O)NC2CCN(c3ccc(C(F)(F)F)cn3)CC2)cc1Cl. The second-order valence-electron chi connectivity index (χ2n) is 6.90. The molecule has 7 nitrogen and oxygen atoms in total. The number of halogens is 4. The van der Waals surface area contributed by atoms with Crippen LogP contribution < -0.4 is 15.5 Å². The van der Waals surface area contributed by atoms with E-state index >= 15 is 0 Å². The molecule has 0 atom stereocenters. The minimum Gasteiger partial charge on any atom is -0.356 e. The van der Waals surface area contributed by atoms with Gasteiger partial charge in [0.1, 0.15) is 11.9 Å². The number of benzene rings is 1. The lowest BCUT2D eigenvalue weighted by atomic mass is 10.0. The van der Waals surface area contributed by atoms with E-state index in [0.717, 1.165) is 12.3 Å². The zero-order valence-electron chi connectivity index (χ0n) is 16.0. The van der Waals surface area contributed by atoms with Crippen LogP contribution in [0.25, 0.3) is 0 Å². The van der Waals surface area contributed by atoms with Crippen LogP contribution in [0.4, 0.5) is 24.7 Å². The first-order valence-electron chi connectivity index (χ1n) is 9.27. The molecular weight excluding hydrogens is 435 g/mol. The topological polar surface area (TPSA) is 98.1 Å². The Balaban J connectivity index is 1.50. The third-order valence-electron chi connectivity index (χ3n) is 4.78. The van der Waals surface area contributed by atoms with Gasteiger partial charge in [0.2, 0.25) is 0 Å². The average molecular weight is 452 g/mol. The molecule has 0 saturated carbocycles. The lowest BCUT2D eigenvalue weighted by molar-refractivity contribution is -0.137. The Labute approximate surface area is 180 Å². The monoisotopic (exact) mass is 451 g/mol. The maximum absolute atomic E-state index is 12.6. The maximum atomic E-state index is 12.6. The molecule has 2 aromatic rings. The summed E-state index contributed by atoms with van der Waals surface area (Å²) < 4.78 is 37.9. The molecule has 0 spiro atoms. The minimum absolute atomic E-state index is 0.157. The van der Waals surface area contributed by atoms with Gasteiger partial charge in [-0.25, -0.2) is 4.98 Å². The number of pyridine rings is 1. The van der Waals surface area contributed by atoms with E-state index in [-0.39, 0.29) is 22.3 Å². The van der Waals surface area contributed by atoms with E-state index in [4.69, 9.17) is 16.9 Å². The van der Waals surface area contributed by atoms with Crippen LogP contribution in [0.2, 0.25) is 5.02 Å². The Morgan fingerprint density at radius 3 is 2.42 bits per heavy atom. The van der Waals surface area contributed by atoms with Crippen molar-refractivity contribution in [3.05, 3.63) is 52.7 Å². The van der Waals surface area contributed by atoms with Gasteiger partial charge in [-0.1, -0.05) is 11.6 Å². The van der Waals surface area contributed by atoms with Crippen LogP contribution in [0.1, 0.15) is 24.0 Å². The molecule has 31 heavy (non-hydrogen) atoms. The number of nitriles is 1. The van der Waals surface area contributed by atoms with Gasteiger partial charge in [-0.3, -0.25) is 9.59 Å². The molecule has 2 amide bonds. The summed E-state index contributed by atoms with van der Waals surface area (Å²) in [5, 5.41) is 14.1. The van der Waals surface area contributed by atoms with Crippen molar-refractivity contribution in [3.63, 3.8) is 0 Å². The number of carbonyl (C=O) groups excluding carboxylic acids is 2. The van der Waals surface area contributed by atoms with Gasteiger partial charge in [0.25, 0.3) is 0 Å². The summed E-state index contributed by atoms with van der Waals surface area (Å²) in [6, 6.07) is 8.21. The second-order valence-corrected chi connectivity index (χ2v) is 7.31. The van der Waals surface area contributed by atoms with Crippen LogP contribution >= 0.6 is 11.6 Å². The van der Waals surface area contributed by atoms with E-state index in [1.807, 2.05) is 11.0 Å². The van der Waals surface area contributed by atoms with Crippen molar-refractivity contribution < 1.29 is 22.8 Å². The molecule has 0 unspecified atom stereocenters. The largest absolute Gasteiger partial charge is 0.417 e. The second kappa shape index (κ2) is 9.22. The Hall–Kier alpha value is -3.32. The van der Waals surface area contributed by atoms with Crippen LogP contribution in [0.3, 0.4) is 0 Å². The molecule has 2 N–H and O–H groups in total. The zero-order chi connectivity index (χ0) is 22.6. The van der Waals surface area contributed by atoms with Crippen molar-refractivity contribution in [2.24, 2.45) is 0 Å². The summed E-state index contributed by atoms with van der Waals surface area (Å²) in [5.41, 5.74) is -0.279. The molecule has 0 radical (unpaired) electrons. The summed E-state index contributed by atoms with van der Waals surface area (Å²) in [6.45, 7) is 0.937. The van der Waals surface area contributed by atoms with Crippen molar-refractivity contribution in [1.82, 2.24) is 10.3 Å². The molecule has 1 aliphatic rings. The van der Waals surface area contributed by atoms with Crippen LogP contribution in [0, 0.1) is 11.3 Å². The molecule has 0 aliphatic carbocycles. The zero-order valence-corrected chi connectivity index (χ0v) is 16.8. The molecule has 2 heterocycles. The van der Waals surface area contributed by atoms with Gasteiger partial charge in [0.05, 0.1) is 16.1 Å². The average Bonchev–Trinajstić information content (AvgIpc) is 2.74. The molecule has 162 valence electrons. The van der Waals surface area contributed by atoms with E-state index in [1.165, 1.54) is 24.3 Å². The van der Waals surface area contributed by atoms with E-state index in [0.29, 0.717) is 31.7 Å². The Bertz CT molecular complexity index is 1010. The van der Waals surface area contributed by atoms with E-state index < -0.39 is 23.6 Å². The minimum atomic E-state index is -4.44. The van der Waals surface area contributed by atoms with Crippen molar-refractivity contribution in [2.45, 2.75) is 25.1 Å². The first-order chi connectivity index (χ1) is 14.7. The van der Waals surface area contributed by atoms with Gasteiger partial charge < -0.3 is 15.5 Å². The lowest BCUT2D eigenvalue weighted by Gasteiger charge is -2.33. The first-order valence-corrected chi connectivity index (χ1v) is 9.65. The van der Waals surface area contributed by atoms with E-state index in [9.17, 15) is 22.8 Å². The summed E-state index contributed by atoms with van der Waals surface area (Å²) in [6.07, 6.45) is -2.63. The van der Waals surface area contributed by atoms with Crippen LogP contribution in [-0.2, 0) is 15.8 Å². The highest BCUT2D eigenvalue weighted by molar-refractivity contribution is 6.40. The van der Waals surface area contributed by atoms with Crippen LogP contribution in [0.5, 0.6) is 0 Å². The Kier molecular flexibility index (Phi) is 6.65. The number of piperidine rings is 1. The van der Waals surface area contributed by atoms with Crippen LogP contribution in [0.15, 0.2) is 36.5 Å². The van der Waals surface area contributed by atoms with Gasteiger partial charge >= 0.3 is 18.0 Å². The summed E-state index contributed by atoms with van der Waals surface area (Å²) in [5.74, 6) is -1.26. The van der Waals surface area contributed by atoms with Crippen molar-refractivity contribution in [3.8, 4) is 6.07 Å². The number of alkyl halides is 3. The van der Waals surface area contributed by atoms with Gasteiger partial charge in [-0.05, 0) is 43.2 Å². The Morgan fingerprint density at radius 1 is 1.16 bits per heavy atom. The highest BCUT2D eigenvalue weighted by Gasteiger charge is 2.31.